The highest BCUT2D eigenvalue weighted by molar-refractivity contribution is 7.99. The molecular weight excluding hydrogens is 410 g/mol. The van der Waals surface area contributed by atoms with Crippen LogP contribution in [0.1, 0.15) is 5.56 Å². The summed E-state index contributed by atoms with van der Waals surface area (Å²) in [7, 11) is 0. The Kier molecular flexibility index (Phi) is 5.37. The minimum atomic E-state index is -0.293. The molecule has 0 aliphatic heterocycles. The lowest BCUT2D eigenvalue weighted by Gasteiger charge is -2.08. The lowest BCUT2D eigenvalue weighted by Crippen LogP contribution is -2.15. The summed E-state index contributed by atoms with van der Waals surface area (Å²) in [6.07, 6.45) is 0. The Morgan fingerprint density at radius 2 is 1.97 bits per heavy atom. The zero-order valence-corrected chi connectivity index (χ0v) is 16.9. The highest BCUT2D eigenvalue weighted by atomic mass is 35.5. The molecule has 29 heavy (non-hydrogen) atoms. The number of aromatic amines is 1. The number of carbonyl (C=O) groups is 1. The summed E-state index contributed by atoms with van der Waals surface area (Å²) < 4.78 is 1.48. The second kappa shape index (κ2) is 8.10. The molecule has 0 aliphatic rings. The average Bonchev–Trinajstić information content (AvgIpc) is 3.07. The van der Waals surface area contributed by atoms with Crippen LogP contribution in [0, 0.1) is 6.92 Å². The zero-order valence-electron chi connectivity index (χ0n) is 15.3. The van der Waals surface area contributed by atoms with Crippen molar-refractivity contribution in [3.63, 3.8) is 0 Å². The first-order chi connectivity index (χ1) is 14.0. The summed E-state index contributed by atoms with van der Waals surface area (Å²) in [5, 5.41) is 6.58. The van der Waals surface area contributed by atoms with Gasteiger partial charge in [0.1, 0.15) is 0 Å². The molecule has 4 aromatic rings. The van der Waals surface area contributed by atoms with Crippen molar-refractivity contribution in [3.05, 3.63) is 75.5 Å². The monoisotopic (exact) mass is 425 g/mol. The van der Waals surface area contributed by atoms with Gasteiger partial charge in [-0.05, 0) is 48.9 Å². The van der Waals surface area contributed by atoms with Crippen LogP contribution < -0.4 is 10.9 Å². The Morgan fingerprint density at radius 3 is 2.72 bits per heavy atom. The van der Waals surface area contributed by atoms with Gasteiger partial charge in [-0.1, -0.05) is 35.5 Å². The molecule has 0 spiro atoms. The fourth-order valence-electron chi connectivity index (χ4n) is 2.76. The summed E-state index contributed by atoms with van der Waals surface area (Å²) in [4.78, 5) is 33.1. The Morgan fingerprint density at radius 1 is 1.17 bits per heavy atom. The van der Waals surface area contributed by atoms with Gasteiger partial charge in [0.25, 0.3) is 5.56 Å². The maximum atomic E-state index is 12.4. The van der Waals surface area contributed by atoms with Crippen LogP contribution in [0.15, 0.2) is 64.5 Å². The minimum absolute atomic E-state index is 0.125. The van der Waals surface area contributed by atoms with E-state index in [-0.39, 0.29) is 17.2 Å². The van der Waals surface area contributed by atoms with Gasteiger partial charge in [0.15, 0.2) is 16.6 Å². The first kappa shape index (κ1) is 19.2. The molecule has 0 radical (unpaired) electrons. The molecule has 146 valence electrons. The number of amides is 1. The third-order valence-corrected chi connectivity index (χ3v) is 5.25. The van der Waals surface area contributed by atoms with Gasteiger partial charge < -0.3 is 5.32 Å². The fraction of sp³-hybridized carbons (Fsp3) is 0.100. The van der Waals surface area contributed by atoms with E-state index in [0.717, 1.165) is 16.8 Å². The van der Waals surface area contributed by atoms with E-state index in [2.05, 4.69) is 20.4 Å². The summed E-state index contributed by atoms with van der Waals surface area (Å²) in [6.45, 7) is 1.96. The molecule has 0 fully saturated rings. The van der Waals surface area contributed by atoms with E-state index in [9.17, 15) is 9.59 Å². The Balaban J connectivity index is 1.59. The molecule has 9 heteroatoms. The summed E-state index contributed by atoms with van der Waals surface area (Å²) >= 11 is 7.16. The van der Waals surface area contributed by atoms with Crippen LogP contribution in [0.2, 0.25) is 5.02 Å². The quantitative estimate of drug-likeness (QED) is 0.475. The Hall–Kier alpha value is -3.10. The maximum Gasteiger partial charge on any atom is 0.266 e. The first-order valence-corrected chi connectivity index (χ1v) is 10.1. The van der Waals surface area contributed by atoms with Crippen LogP contribution in [0.4, 0.5) is 5.69 Å². The number of anilines is 1. The first-order valence-electron chi connectivity index (χ1n) is 8.73. The summed E-state index contributed by atoms with van der Waals surface area (Å²) in [5.41, 5.74) is 2.69. The lowest BCUT2D eigenvalue weighted by molar-refractivity contribution is -0.113. The molecule has 0 aliphatic carbocycles. The predicted octanol–water partition coefficient (Wildman–Crippen LogP) is 3.78. The third-order valence-electron chi connectivity index (χ3n) is 4.06. The molecule has 2 heterocycles. The van der Waals surface area contributed by atoms with Crippen LogP contribution in [0.5, 0.6) is 0 Å². The van der Waals surface area contributed by atoms with Crippen molar-refractivity contribution < 1.29 is 4.79 Å². The highest BCUT2D eigenvalue weighted by Gasteiger charge is 2.13. The molecule has 2 aromatic heterocycles. The van der Waals surface area contributed by atoms with E-state index in [1.807, 2.05) is 31.2 Å². The molecule has 1 amide bonds. The second-order valence-corrected chi connectivity index (χ2v) is 7.74. The predicted molar refractivity (Wildman–Crippen MR) is 115 cm³/mol. The number of halogens is 1. The maximum absolute atomic E-state index is 12.4. The van der Waals surface area contributed by atoms with E-state index in [4.69, 9.17) is 11.6 Å². The van der Waals surface area contributed by atoms with Gasteiger partial charge in [-0.25, -0.2) is 14.5 Å². The van der Waals surface area contributed by atoms with Gasteiger partial charge in [0, 0.05) is 22.3 Å². The molecule has 7 nitrogen and oxygen atoms in total. The number of thioether (sulfide) groups is 1. The number of benzene rings is 2. The Bertz CT molecular complexity index is 1250. The van der Waals surface area contributed by atoms with E-state index in [1.54, 1.807) is 24.3 Å². The Labute approximate surface area is 175 Å². The molecule has 0 bridgehead atoms. The molecule has 0 atom stereocenters. The van der Waals surface area contributed by atoms with Gasteiger partial charge in [0.2, 0.25) is 5.91 Å². The third kappa shape index (κ3) is 4.49. The fourth-order valence-corrected chi connectivity index (χ4v) is 3.64. The number of carbonyl (C=O) groups excluding carboxylic acids is 1. The van der Waals surface area contributed by atoms with E-state index >= 15 is 0 Å². The number of rotatable bonds is 5. The van der Waals surface area contributed by atoms with Gasteiger partial charge >= 0.3 is 0 Å². The van der Waals surface area contributed by atoms with Crippen LogP contribution in [-0.4, -0.2) is 31.2 Å². The number of hydrogen-bond acceptors (Lipinski definition) is 5. The largest absolute Gasteiger partial charge is 0.325 e. The van der Waals surface area contributed by atoms with Crippen molar-refractivity contribution in [2.75, 3.05) is 11.1 Å². The van der Waals surface area contributed by atoms with Crippen molar-refractivity contribution in [1.82, 2.24) is 19.6 Å². The number of nitrogens with zero attached hydrogens (tertiary/aromatic N) is 3. The number of H-pyrrole nitrogens is 1. The van der Waals surface area contributed by atoms with E-state index < -0.39 is 0 Å². The number of aromatic nitrogens is 4. The van der Waals surface area contributed by atoms with Gasteiger partial charge in [-0.3, -0.25) is 14.7 Å². The van der Waals surface area contributed by atoms with Crippen molar-refractivity contribution >= 4 is 40.6 Å². The SMILES string of the molecule is Cc1cccc(NC(=O)CSc2nc(-c3ccc(Cl)cc3)nc3cc(=O)[nH]n23)c1. The number of fused-ring (bicyclic) bond motifs is 1. The number of aryl methyl sites for hydroxylation is 1. The van der Waals surface area contributed by atoms with Crippen LogP contribution >= 0.6 is 23.4 Å². The van der Waals surface area contributed by atoms with E-state index in [0.29, 0.717) is 21.7 Å². The molecule has 2 aromatic carbocycles. The number of hydrogen-bond donors (Lipinski definition) is 2. The number of nitrogens with one attached hydrogen (secondary N) is 2. The topological polar surface area (TPSA) is 92.2 Å². The molecule has 2 N–H and O–H groups in total. The highest BCUT2D eigenvalue weighted by Crippen LogP contribution is 2.23. The van der Waals surface area contributed by atoms with Crippen LogP contribution in [-0.2, 0) is 4.79 Å². The zero-order chi connectivity index (χ0) is 20.4. The summed E-state index contributed by atoms with van der Waals surface area (Å²) in [6, 6.07) is 16.1. The standard InChI is InChI=1S/C20H16ClN5O2S/c1-12-3-2-4-15(9-12)22-18(28)11-29-20-24-19(13-5-7-14(21)8-6-13)23-16-10-17(27)25-26(16)20/h2-10H,11H2,1H3,(H,22,28)(H,25,27). The molecule has 0 saturated carbocycles. The van der Waals surface area contributed by atoms with Crippen molar-refractivity contribution in [1.29, 1.82) is 0 Å². The summed E-state index contributed by atoms with van der Waals surface area (Å²) in [5.74, 6) is 0.400. The van der Waals surface area contributed by atoms with Crippen molar-refractivity contribution in [2.24, 2.45) is 0 Å². The van der Waals surface area contributed by atoms with Gasteiger partial charge in [-0.15, -0.1) is 0 Å². The molecule has 0 saturated heterocycles. The van der Waals surface area contributed by atoms with Crippen molar-refractivity contribution in [2.45, 2.75) is 12.1 Å². The van der Waals surface area contributed by atoms with E-state index in [1.165, 1.54) is 22.3 Å². The molecular formula is C20H16ClN5O2S. The molecule has 4 rings (SSSR count). The van der Waals surface area contributed by atoms with Gasteiger partial charge in [0.05, 0.1) is 5.75 Å². The van der Waals surface area contributed by atoms with Crippen molar-refractivity contribution in [3.8, 4) is 11.4 Å². The van der Waals surface area contributed by atoms with Crippen LogP contribution in [0.3, 0.4) is 0 Å². The smallest absolute Gasteiger partial charge is 0.266 e. The normalized spacial score (nSPS) is 11.0. The second-order valence-electron chi connectivity index (χ2n) is 6.36. The molecule has 0 unspecified atom stereocenters. The van der Waals surface area contributed by atoms with Gasteiger partial charge in [-0.2, -0.15) is 0 Å². The van der Waals surface area contributed by atoms with Crippen LogP contribution in [0.25, 0.3) is 17.0 Å². The average molecular weight is 426 g/mol. The lowest BCUT2D eigenvalue weighted by atomic mass is 10.2. The minimum Gasteiger partial charge on any atom is -0.325 e.